The van der Waals surface area contributed by atoms with Crippen LogP contribution in [0.1, 0.15) is 29.8 Å². The van der Waals surface area contributed by atoms with Crippen LogP contribution in [-0.2, 0) is 11.2 Å². The minimum atomic E-state index is -1.18. The first kappa shape index (κ1) is 15.5. The molecule has 1 aliphatic heterocycles. The summed E-state index contributed by atoms with van der Waals surface area (Å²) in [5, 5.41) is 23.8. The van der Waals surface area contributed by atoms with Crippen molar-refractivity contribution in [1.29, 1.82) is 0 Å². The maximum atomic E-state index is 12.3. The molecule has 0 bridgehead atoms. The molecule has 0 radical (unpaired) electrons. The molecular weight excluding hydrogens is 272 g/mol. The molecule has 1 aromatic rings. The van der Waals surface area contributed by atoms with Gasteiger partial charge in [0.2, 0.25) is 0 Å². The van der Waals surface area contributed by atoms with E-state index in [1.54, 1.807) is 13.0 Å². The van der Waals surface area contributed by atoms with E-state index in [4.69, 9.17) is 10.2 Å². The monoisotopic (exact) mass is 292 g/mol. The first-order chi connectivity index (χ1) is 9.92. The van der Waals surface area contributed by atoms with Crippen LogP contribution in [0.3, 0.4) is 0 Å². The highest BCUT2D eigenvalue weighted by atomic mass is 16.4. The largest absolute Gasteiger partial charge is 0.480 e. The quantitative estimate of drug-likeness (QED) is 0.575. The van der Waals surface area contributed by atoms with Gasteiger partial charge in [0.05, 0.1) is 12.6 Å². The number of Topliss-reactive ketones (excluding diaryl/α,β-unsaturated/α-hetero) is 1. The third-order valence-corrected chi connectivity index (χ3v) is 3.64. The Morgan fingerprint density at radius 2 is 2.19 bits per heavy atom. The van der Waals surface area contributed by atoms with E-state index in [-0.39, 0.29) is 5.78 Å². The van der Waals surface area contributed by atoms with E-state index in [1.165, 1.54) is 0 Å². The smallest absolute Gasteiger partial charge is 0.323 e. The molecular formula is C15H20N2O4. The third kappa shape index (κ3) is 3.40. The van der Waals surface area contributed by atoms with E-state index in [9.17, 15) is 9.59 Å². The Kier molecular flexibility index (Phi) is 4.59. The van der Waals surface area contributed by atoms with Gasteiger partial charge in [-0.2, -0.15) is 0 Å². The van der Waals surface area contributed by atoms with Gasteiger partial charge < -0.3 is 15.5 Å². The molecule has 0 fully saturated rings. The van der Waals surface area contributed by atoms with Crippen LogP contribution in [0.5, 0.6) is 0 Å². The topological polar surface area (TPSA) is 98.7 Å². The maximum absolute atomic E-state index is 12.3. The molecule has 4 N–H and O–H groups in total. The van der Waals surface area contributed by atoms with Gasteiger partial charge in [-0.1, -0.05) is 0 Å². The molecule has 1 aliphatic rings. The molecule has 0 aliphatic carbocycles. The van der Waals surface area contributed by atoms with Gasteiger partial charge >= 0.3 is 5.97 Å². The number of carbonyl (C=O) groups excluding carboxylic acids is 1. The summed E-state index contributed by atoms with van der Waals surface area (Å²) in [5.74, 6) is -1.36. The molecule has 0 aromatic heterocycles. The van der Waals surface area contributed by atoms with Gasteiger partial charge in [-0.25, -0.2) is 0 Å². The number of rotatable bonds is 6. The van der Waals surface area contributed by atoms with E-state index in [2.05, 4.69) is 17.6 Å². The molecule has 1 aromatic carbocycles. The summed E-state index contributed by atoms with van der Waals surface area (Å²) in [7, 11) is 0. The van der Waals surface area contributed by atoms with Crippen LogP contribution in [0.25, 0.3) is 0 Å². The molecule has 21 heavy (non-hydrogen) atoms. The number of nitrogens with one attached hydrogen (secondary N) is 2. The van der Waals surface area contributed by atoms with Gasteiger partial charge in [-0.05, 0) is 44.0 Å². The van der Waals surface area contributed by atoms with E-state index < -0.39 is 24.7 Å². The lowest BCUT2D eigenvalue weighted by Crippen LogP contribution is -2.47. The third-order valence-electron chi connectivity index (χ3n) is 3.64. The Morgan fingerprint density at radius 3 is 2.81 bits per heavy atom. The molecule has 6 heteroatoms. The second kappa shape index (κ2) is 6.24. The number of carboxylic acid groups (broad SMARTS) is 1. The van der Waals surface area contributed by atoms with Crippen LogP contribution in [0.2, 0.25) is 0 Å². The lowest BCUT2D eigenvalue weighted by molar-refractivity contribution is -0.140. The lowest BCUT2D eigenvalue weighted by atomic mass is 10.0. The summed E-state index contributed by atoms with van der Waals surface area (Å²) in [6, 6.07) is 3.99. The van der Waals surface area contributed by atoms with Crippen molar-refractivity contribution in [2.75, 3.05) is 11.9 Å². The lowest BCUT2D eigenvalue weighted by Gasteiger charge is -2.17. The Bertz CT molecular complexity index is 559. The summed E-state index contributed by atoms with van der Waals surface area (Å²) in [6.45, 7) is 3.12. The maximum Gasteiger partial charge on any atom is 0.323 e. The van der Waals surface area contributed by atoms with Crippen molar-refractivity contribution >= 4 is 17.4 Å². The first-order valence-corrected chi connectivity index (χ1v) is 6.95. The second-order valence-corrected chi connectivity index (χ2v) is 5.45. The molecule has 114 valence electrons. The summed E-state index contributed by atoms with van der Waals surface area (Å²) < 4.78 is 0. The van der Waals surface area contributed by atoms with Gasteiger partial charge in [0, 0.05) is 17.3 Å². The first-order valence-electron chi connectivity index (χ1n) is 6.95. The molecule has 6 nitrogen and oxygen atoms in total. The predicted octanol–water partition coefficient (Wildman–Crippen LogP) is 0.649. The van der Waals surface area contributed by atoms with Gasteiger partial charge in [0.25, 0.3) is 0 Å². The highest BCUT2D eigenvalue weighted by Gasteiger charge is 2.24. The minimum Gasteiger partial charge on any atom is -0.480 e. The van der Waals surface area contributed by atoms with Crippen LogP contribution >= 0.6 is 0 Å². The van der Waals surface area contributed by atoms with Gasteiger partial charge in [-0.3, -0.25) is 14.9 Å². The van der Waals surface area contributed by atoms with Crippen molar-refractivity contribution in [3.8, 4) is 0 Å². The van der Waals surface area contributed by atoms with Gasteiger partial charge in [0.15, 0.2) is 5.78 Å². The van der Waals surface area contributed by atoms with Crippen molar-refractivity contribution in [3.63, 3.8) is 0 Å². The number of hydrogen-bond acceptors (Lipinski definition) is 5. The predicted molar refractivity (Wildman–Crippen MR) is 78.7 cm³/mol. The number of carboxylic acids is 1. The van der Waals surface area contributed by atoms with Crippen molar-refractivity contribution in [2.24, 2.45) is 0 Å². The van der Waals surface area contributed by atoms with E-state index in [0.717, 1.165) is 17.7 Å². The summed E-state index contributed by atoms with van der Waals surface area (Å²) in [4.78, 5) is 23.2. The number of aliphatic hydroxyl groups excluding tert-OH is 1. The average Bonchev–Trinajstić information content (AvgIpc) is 2.82. The van der Waals surface area contributed by atoms with Crippen molar-refractivity contribution in [3.05, 3.63) is 29.3 Å². The van der Waals surface area contributed by atoms with Crippen LogP contribution in [0.15, 0.2) is 18.2 Å². The van der Waals surface area contributed by atoms with Crippen LogP contribution in [0, 0.1) is 0 Å². The molecule has 0 saturated heterocycles. The minimum absolute atomic E-state index is 0.183. The van der Waals surface area contributed by atoms with Gasteiger partial charge in [0.1, 0.15) is 6.04 Å². The SMILES string of the molecule is CC1Cc2cc(C(=O)C(C)NC(CO)C(=O)O)ccc2N1. The number of hydrogen-bond donors (Lipinski definition) is 4. The Labute approximate surface area is 123 Å². The molecule has 2 rings (SSSR count). The van der Waals surface area contributed by atoms with E-state index >= 15 is 0 Å². The van der Waals surface area contributed by atoms with Crippen molar-refractivity contribution in [1.82, 2.24) is 5.32 Å². The van der Waals surface area contributed by atoms with E-state index in [1.807, 2.05) is 12.1 Å². The normalized spacial score (nSPS) is 19.5. The number of benzene rings is 1. The Morgan fingerprint density at radius 1 is 1.48 bits per heavy atom. The van der Waals surface area contributed by atoms with Gasteiger partial charge in [-0.15, -0.1) is 0 Å². The highest BCUT2D eigenvalue weighted by molar-refractivity contribution is 6.00. The molecule has 3 unspecified atom stereocenters. The average molecular weight is 292 g/mol. The van der Waals surface area contributed by atoms with Crippen molar-refractivity contribution < 1.29 is 19.8 Å². The molecule has 0 saturated carbocycles. The molecule has 1 heterocycles. The van der Waals surface area contributed by atoms with Crippen LogP contribution in [0.4, 0.5) is 5.69 Å². The highest BCUT2D eigenvalue weighted by Crippen LogP contribution is 2.26. The zero-order valence-corrected chi connectivity index (χ0v) is 12.1. The number of ketones is 1. The summed E-state index contributed by atoms with van der Waals surface area (Å²) in [6.07, 6.45) is 0.868. The summed E-state index contributed by atoms with van der Waals surface area (Å²) in [5.41, 5.74) is 2.68. The van der Waals surface area contributed by atoms with Crippen LogP contribution in [-0.4, -0.2) is 46.7 Å². The number of anilines is 1. The fraction of sp³-hybridized carbons (Fsp3) is 0.467. The summed E-state index contributed by atoms with van der Waals surface area (Å²) >= 11 is 0. The molecule has 0 amide bonds. The number of aliphatic hydroxyl groups is 1. The molecule has 3 atom stereocenters. The Hall–Kier alpha value is -1.92. The van der Waals surface area contributed by atoms with Crippen LogP contribution < -0.4 is 10.6 Å². The number of aliphatic carboxylic acids is 1. The number of fused-ring (bicyclic) bond motifs is 1. The number of carbonyl (C=O) groups is 2. The standard InChI is InChI=1S/C15H20N2O4/c1-8-5-11-6-10(3-4-12(11)16-8)14(19)9(2)17-13(7-18)15(20)21/h3-4,6,8-9,13,16-18H,5,7H2,1-2H3,(H,20,21). The second-order valence-electron chi connectivity index (χ2n) is 5.45. The zero-order valence-electron chi connectivity index (χ0n) is 12.1. The van der Waals surface area contributed by atoms with E-state index in [0.29, 0.717) is 11.6 Å². The van der Waals surface area contributed by atoms with Crippen molar-refractivity contribution in [2.45, 2.75) is 38.4 Å². The zero-order chi connectivity index (χ0) is 15.6. The molecule has 0 spiro atoms. The fourth-order valence-electron chi connectivity index (χ4n) is 2.53. The Balaban J connectivity index is 2.10. The fourth-order valence-corrected chi connectivity index (χ4v) is 2.53.